The van der Waals surface area contributed by atoms with Gasteiger partial charge in [-0.25, -0.2) is 9.97 Å². The first kappa shape index (κ1) is 12.1. The Kier molecular flexibility index (Phi) is 3.44. The van der Waals surface area contributed by atoms with Gasteiger partial charge in [-0.3, -0.25) is 5.10 Å². The van der Waals surface area contributed by atoms with Crippen LogP contribution < -0.4 is 4.74 Å². The third-order valence-electron chi connectivity index (χ3n) is 3.70. The molecule has 1 fully saturated rings. The molecule has 0 saturated heterocycles. The van der Waals surface area contributed by atoms with Crippen LogP contribution in [0.25, 0.3) is 11.4 Å². The van der Waals surface area contributed by atoms with Gasteiger partial charge in [0, 0.05) is 12.1 Å². The molecule has 5 nitrogen and oxygen atoms in total. The summed E-state index contributed by atoms with van der Waals surface area (Å²) >= 11 is 0. The molecule has 0 amide bonds. The zero-order valence-electron chi connectivity index (χ0n) is 11.1. The second-order valence-electron chi connectivity index (χ2n) is 4.94. The molecule has 0 spiro atoms. The molecule has 1 aliphatic carbocycles. The third kappa shape index (κ3) is 2.45. The first-order valence-corrected chi connectivity index (χ1v) is 6.80. The van der Waals surface area contributed by atoms with Gasteiger partial charge in [0.1, 0.15) is 5.82 Å². The maximum Gasteiger partial charge on any atom is 0.224 e. The van der Waals surface area contributed by atoms with E-state index in [1.54, 1.807) is 13.3 Å². The van der Waals surface area contributed by atoms with Crippen LogP contribution in [0, 0.1) is 0 Å². The molecule has 100 valence electrons. The summed E-state index contributed by atoms with van der Waals surface area (Å²) in [7, 11) is 1.61. The molecule has 0 atom stereocenters. The fraction of sp³-hybridized carbons (Fsp3) is 0.500. The molecule has 19 heavy (non-hydrogen) atoms. The van der Waals surface area contributed by atoms with E-state index in [1.807, 2.05) is 12.1 Å². The van der Waals surface area contributed by atoms with E-state index in [2.05, 4.69) is 20.2 Å². The van der Waals surface area contributed by atoms with E-state index in [0.717, 1.165) is 11.4 Å². The minimum Gasteiger partial charge on any atom is -0.480 e. The van der Waals surface area contributed by atoms with E-state index in [0.29, 0.717) is 17.6 Å². The number of aromatic nitrogens is 4. The molecule has 2 aromatic heterocycles. The van der Waals surface area contributed by atoms with E-state index < -0.39 is 0 Å². The van der Waals surface area contributed by atoms with Crippen molar-refractivity contribution >= 4 is 0 Å². The summed E-state index contributed by atoms with van der Waals surface area (Å²) < 4.78 is 5.25. The SMILES string of the molecule is COc1ncccc1-c1n[nH]c(C2CCCCC2)n1. The Morgan fingerprint density at radius 1 is 1.26 bits per heavy atom. The molecule has 0 bridgehead atoms. The number of methoxy groups -OCH3 is 1. The summed E-state index contributed by atoms with van der Waals surface area (Å²) in [4.78, 5) is 8.81. The van der Waals surface area contributed by atoms with Crippen LogP contribution in [0.1, 0.15) is 43.8 Å². The zero-order valence-corrected chi connectivity index (χ0v) is 11.1. The highest BCUT2D eigenvalue weighted by Crippen LogP contribution is 2.32. The normalized spacial score (nSPS) is 16.5. The van der Waals surface area contributed by atoms with Gasteiger partial charge >= 0.3 is 0 Å². The van der Waals surface area contributed by atoms with E-state index in [-0.39, 0.29) is 0 Å². The van der Waals surface area contributed by atoms with Gasteiger partial charge in [0.2, 0.25) is 5.88 Å². The standard InChI is InChI=1S/C14H18N4O/c1-19-14-11(8-5-9-15-14)13-16-12(17-18-13)10-6-3-2-4-7-10/h5,8-10H,2-4,6-7H2,1H3,(H,16,17,18). The topological polar surface area (TPSA) is 63.7 Å². The second kappa shape index (κ2) is 5.38. The van der Waals surface area contributed by atoms with Crippen LogP contribution in [-0.2, 0) is 0 Å². The van der Waals surface area contributed by atoms with Crippen molar-refractivity contribution < 1.29 is 4.74 Å². The molecule has 0 radical (unpaired) electrons. The second-order valence-corrected chi connectivity index (χ2v) is 4.94. The highest BCUT2D eigenvalue weighted by atomic mass is 16.5. The Hall–Kier alpha value is -1.91. The largest absolute Gasteiger partial charge is 0.480 e. The van der Waals surface area contributed by atoms with Gasteiger partial charge in [0.05, 0.1) is 12.7 Å². The number of aromatic amines is 1. The molecule has 2 aromatic rings. The van der Waals surface area contributed by atoms with Crippen molar-refractivity contribution in [1.29, 1.82) is 0 Å². The van der Waals surface area contributed by atoms with Crippen LogP contribution in [0.5, 0.6) is 5.88 Å². The van der Waals surface area contributed by atoms with E-state index >= 15 is 0 Å². The van der Waals surface area contributed by atoms with E-state index in [4.69, 9.17) is 4.74 Å². The zero-order chi connectivity index (χ0) is 13.1. The van der Waals surface area contributed by atoms with Gasteiger partial charge in [0.15, 0.2) is 5.82 Å². The van der Waals surface area contributed by atoms with Gasteiger partial charge in [-0.2, -0.15) is 5.10 Å². The maximum absolute atomic E-state index is 5.25. The van der Waals surface area contributed by atoms with Crippen molar-refractivity contribution in [3.05, 3.63) is 24.2 Å². The molecule has 0 aromatic carbocycles. The van der Waals surface area contributed by atoms with Crippen molar-refractivity contribution in [1.82, 2.24) is 20.2 Å². The lowest BCUT2D eigenvalue weighted by atomic mass is 9.89. The van der Waals surface area contributed by atoms with Crippen molar-refractivity contribution in [3.8, 4) is 17.3 Å². The highest BCUT2D eigenvalue weighted by Gasteiger charge is 2.20. The molecular formula is C14H18N4O. The Morgan fingerprint density at radius 3 is 2.89 bits per heavy atom. The van der Waals surface area contributed by atoms with E-state index in [1.165, 1.54) is 32.1 Å². The minimum atomic E-state index is 0.526. The summed E-state index contributed by atoms with van der Waals surface area (Å²) in [5.74, 6) is 2.76. The number of H-pyrrole nitrogens is 1. The Bertz CT molecular complexity index is 546. The van der Waals surface area contributed by atoms with Crippen LogP contribution in [0.3, 0.4) is 0 Å². The molecule has 1 aliphatic rings. The highest BCUT2D eigenvalue weighted by molar-refractivity contribution is 5.60. The Morgan fingerprint density at radius 2 is 2.11 bits per heavy atom. The van der Waals surface area contributed by atoms with Crippen LogP contribution in [0.15, 0.2) is 18.3 Å². The quantitative estimate of drug-likeness (QED) is 0.919. The lowest BCUT2D eigenvalue weighted by Crippen LogP contribution is -2.06. The maximum atomic E-state index is 5.25. The average Bonchev–Trinajstić information content (AvgIpc) is 2.98. The lowest BCUT2D eigenvalue weighted by molar-refractivity contribution is 0.399. The number of hydrogen-bond acceptors (Lipinski definition) is 4. The molecule has 1 N–H and O–H groups in total. The van der Waals surface area contributed by atoms with Crippen molar-refractivity contribution in [2.45, 2.75) is 38.0 Å². The van der Waals surface area contributed by atoms with Gasteiger partial charge in [-0.05, 0) is 25.0 Å². The molecule has 1 saturated carbocycles. The number of nitrogens with one attached hydrogen (secondary N) is 1. The first-order valence-electron chi connectivity index (χ1n) is 6.80. The predicted molar refractivity (Wildman–Crippen MR) is 72.0 cm³/mol. The van der Waals surface area contributed by atoms with E-state index in [9.17, 15) is 0 Å². The van der Waals surface area contributed by atoms with Crippen molar-refractivity contribution in [3.63, 3.8) is 0 Å². The molecule has 0 aliphatic heterocycles. The monoisotopic (exact) mass is 258 g/mol. The molecule has 3 rings (SSSR count). The summed E-state index contributed by atoms with van der Waals surface area (Å²) in [6.45, 7) is 0. The van der Waals surface area contributed by atoms with Gasteiger partial charge in [-0.15, -0.1) is 0 Å². The number of ether oxygens (including phenoxy) is 1. The van der Waals surface area contributed by atoms with Crippen LogP contribution in [0.4, 0.5) is 0 Å². The smallest absolute Gasteiger partial charge is 0.224 e. The van der Waals surface area contributed by atoms with Gasteiger partial charge in [-0.1, -0.05) is 19.3 Å². The molecule has 0 unspecified atom stereocenters. The number of pyridine rings is 1. The van der Waals surface area contributed by atoms with Gasteiger partial charge in [0.25, 0.3) is 0 Å². The molecule has 5 heteroatoms. The lowest BCUT2D eigenvalue weighted by Gasteiger charge is -2.18. The number of rotatable bonds is 3. The minimum absolute atomic E-state index is 0.526. The van der Waals surface area contributed by atoms with Gasteiger partial charge < -0.3 is 4.74 Å². The first-order chi connectivity index (χ1) is 9.38. The van der Waals surface area contributed by atoms with Crippen molar-refractivity contribution in [2.24, 2.45) is 0 Å². The van der Waals surface area contributed by atoms with Crippen LogP contribution in [0.2, 0.25) is 0 Å². The number of hydrogen-bond donors (Lipinski definition) is 1. The van der Waals surface area contributed by atoms with Crippen molar-refractivity contribution in [2.75, 3.05) is 7.11 Å². The fourth-order valence-corrected chi connectivity index (χ4v) is 2.68. The number of nitrogens with zero attached hydrogens (tertiary/aromatic N) is 3. The predicted octanol–water partition coefficient (Wildman–Crippen LogP) is 2.92. The Labute approximate surface area is 112 Å². The Balaban J connectivity index is 1.88. The summed E-state index contributed by atoms with van der Waals surface area (Å²) in [5.41, 5.74) is 0.836. The summed E-state index contributed by atoms with van der Waals surface area (Å²) in [6, 6.07) is 3.80. The third-order valence-corrected chi connectivity index (χ3v) is 3.70. The fourth-order valence-electron chi connectivity index (χ4n) is 2.68. The average molecular weight is 258 g/mol. The summed E-state index contributed by atoms with van der Waals surface area (Å²) in [6.07, 6.45) is 8.04. The van der Waals surface area contributed by atoms with Crippen LogP contribution in [-0.4, -0.2) is 27.3 Å². The molecule has 2 heterocycles. The molecular weight excluding hydrogens is 240 g/mol. The van der Waals surface area contributed by atoms with Crippen LogP contribution >= 0.6 is 0 Å². The summed E-state index contributed by atoms with van der Waals surface area (Å²) in [5, 5.41) is 7.39.